The zero-order chi connectivity index (χ0) is 9.14. The lowest BCUT2D eigenvalue weighted by molar-refractivity contribution is 0.614. The van der Waals surface area contributed by atoms with Crippen LogP contribution in [0.15, 0.2) is 12.1 Å². The molecule has 0 bridgehead atoms. The van der Waals surface area contributed by atoms with E-state index in [2.05, 4.69) is 0 Å². The minimum absolute atomic E-state index is 0.0773. The van der Waals surface area contributed by atoms with Gasteiger partial charge in [-0.25, -0.2) is 4.39 Å². The molecular formula is C9H5FN2. The molecule has 2 nitrogen and oxygen atoms in total. The molecule has 0 aliphatic heterocycles. The number of aryl methyl sites for hydroxylation is 1. The first kappa shape index (κ1) is 8.23. The van der Waals surface area contributed by atoms with Crippen molar-refractivity contribution in [3.63, 3.8) is 0 Å². The summed E-state index contributed by atoms with van der Waals surface area (Å²) in [6, 6.07) is 6.19. The Morgan fingerprint density at radius 3 is 2.42 bits per heavy atom. The van der Waals surface area contributed by atoms with E-state index in [-0.39, 0.29) is 5.56 Å². The highest BCUT2D eigenvalue weighted by Crippen LogP contribution is 2.13. The van der Waals surface area contributed by atoms with Gasteiger partial charge in [0.15, 0.2) is 0 Å². The smallest absolute Gasteiger partial charge is 0.143 e. The fourth-order valence-electron chi connectivity index (χ4n) is 0.915. The molecule has 0 aliphatic carbocycles. The van der Waals surface area contributed by atoms with Crippen LogP contribution in [0.25, 0.3) is 0 Å². The van der Waals surface area contributed by atoms with Crippen LogP contribution in [-0.2, 0) is 0 Å². The number of hydrogen-bond acceptors (Lipinski definition) is 2. The van der Waals surface area contributed by atoms with E-state index < -0.39 is 5.82 Å². The molecule has 12 heavy (non-hydrogen) atoms. The van der Waals surface area contributed by atoms with E-state index in [0.29, 0.717) is 11.1 Å². The van der Waals surface area contributed by atoms with Gasteiger partial charge in [0.25, 0.3) is 0 Å². The van der Waals surface area contributed by atoms with Crippen molar-refractivity contribution < 1.29 is 4.39 Å². The van der Waals surface area contributed by atoms with Crippen molar-refractivity contribution in [1.82, 2.24) is 0 Å². The molecule has 0 aromatic heterocycles. The summed E-state index contributed by atoms with van der Waals surface area (Å²) >= 11 is 0. The fourth-order valence-corrected chi connectivity index (χ4v) is 0.915. The molecular weight excluding hydrogens is 155 g/mol. The predicted octanol–water partition coefficient (Wildman–Crippen LogP) is 1.88. The number of benzene rings is 1. The summed E-state index contributed by atoms with van der Waals surface area (Å²) in [5.41, 5.74) is 0.558. The Kier molecular flexibility index (Phi) is 2.07. The lowest BCUT2D eigenvalue weighted by Crippen LogP contribution is -1.90. The van der Waals surface area contributed by atoms with E-state index in [1.54, 1.807) is 6.07 Å². The maximum Gasteiger partial charge on any atom is 0.143 e. The molecule has 0 amide bonds. The molecule has 0 fully saturated rings. The zero-order valence-corrected chi connectivity index (χ0v) is 6.43. The summed E-state index contributed by atoms with van der Waals surface area (Å²) in [5, 5.41) is 17.0. The molecule has 1 aromatic carbocycles. The molecule has 0 atom stereocenters. The van der Waals surface area contributed by atoms with Crippen molar-refractivity contribution in [3.8, 4) is 12.1 Å². The Morgan fingerprint density at radius 2 is 1.92 bits per heavy atom. The van der Waals surface area contributed by atoms with Crippen LogP contribution in [0.2, 0.25) is 0 Å². The zero-order valence-electron chi connectivity index (χ0n) is 6.43. The van der Waals surface area contributed by atoms with Crippen LogP contribution in [0.4, 0.5) is 4.39 Å². The number of nitriles is 2. The van der Waals surface area contributed by atoms with Gasteiger partial charge in [-0.3, -0.25) is 0 Å². The van der Waals surface area contributed by atoms with Gasteiger partial charge in [0.1, 0.15) is 11.9 Å². The van der Waals surface area contributed by atoms with E-state index in [1.807, 2.05) is 6.07 Å². The number of rotatable bonds is 0. The molecule has 58 valence electrons. The largest absolute Gasteiger partial charge is 0.205 e. The molecule has 0 unspecified atom stereocenters. The molecule has 0 aliphatic rings. The van der Waals surface area contributed by atoms with Crippen molar-refractivity contribution in [3.05, 3.63) is 34.6 Å². The lowest BCUT2D eigenvalue weighted by atomic mass is 10.1. The van der Waals surface area contributed by atoms with Gasteiger partial charge in [0.05, 0.1) is 17.2 Å². The molecule has 0 saturated heterocycles. The molecule has 0 radical (unpaired) electrons. The van der Waals surface area contributed by atoms with Gasteiger partial charge in [0.2, 0.25) is 0 Å². The first-order valence-electron chi connectivity index (χ1n) is 3.29. The van der Waals surface area contributed by atoms with Crippen LogP contribution in [0, 0.1) is 35.4 Å². The van der Waals surface area contributed by atoms with Gasteiger partial charge >= 0.3 is 0 Å². The van der Waals surface area contributed by atoms with Crippen LogP contribution in [0.3, 0.4) is 0 Å². The molecule has 1 aromatic rings. The third-order valence-electron chi connectivity index (χ3n) is 1.50. The highest BCUT2D eigenvalue weighted by Gasteiger charge is 2.06. The van der Waals surface area contributed by atoms with E-state index in [0.717, 1.165) is 0 Å². The van der Waals surface area contributed by atoms with Crippen LogP contribution in [0.1, 0.15) is 16.7 Å². The van der Waals surface area contributed by atoms with Crippen molar-refractivity contribution in [2.24, 2.45) is 0 Å². The summed E-state index contributed by atoms with van der Waals surface area (Å²) in [6.07, 6.45) is 0. The molecule has 1 rings (SSSR count). The lowest BCUT2D eigenvalue weighted by Gasteiger charge is -1.97. The van der Waals surface area contributed by atoms with Crippen molar-refractivity contribution >= 4 is 0 Å². The number of nitrogens with zero attached hydrogens (tertiary/aromatic N) is 2. The van der Waals surface area contributed by atoms with E-state index in [4.69, 9.17) is 10.5 Å². The third kappa shape index (κ3) is 1.26. The summed E-state index contributed by atoms with van der Waals surface area (Å²) in [4.78, 5) is 0. The molecule has 0 N–H and O–H groups in total. The fraction of sp³-hybridized carbons (Fsp3) is 0.111. The SMILES string of the molecule is Cc1cc(C#N)cc(C#N)c1F. The average Bonchev–Trinajstić information content (AvgIpc) is 2.09. The van der Waals surface area contributed by atoms with Crippen LogP contribution in [0.5, 0.6) is 0 Å². The van der Waals surface area contributed by atoms with E-state index in [1.165, 1.54) is 19.1 Å². The standard InChI is InChI=1S/C9H5FN2/c1-6-2-7(4-11)3-8(5-12)9(6)10/h2-3H,1H3. The Balaban J connectivity index is 3.44. The second kappa shape index (κ2) is 3.02. The Morgan fingerprint density at radius 1 is 1.25 bits per heavy atom. The number of hydrogen-bond donors (Lipinski definition) is 0. The third-order valence-corrected chi connectivity index (χ3v) is 1.50. The van der Waals surface area contributed by atoms with Crippen LogP contribution >= 0.6 is 0 Å². The maximum absolute atomic E-state index is 13.0. The summed E-state index contributed by atoms with van der Waals surface area (Å²) in [7, 11) is 0. The van der Waals surface area contributed by atoms with Gasteiger partial charge < -0.3 is 0 Å². The van der Waals surface area contributed by atoms with Crippen LogP contribution in [-0.4, -0.2) is 0 Å². The molecule has 0 spiro atoms. The van der Waals surface area contributed by atoms with Crippen LogP contribution < -0.4 is 0 Å². The Labute approximate surface area is 69.5 Å². The first-order chi connectivity index (χ1) is 5.69. The first-order valence-corrected chi connectivity index (χ1v) is 3.29. The highest BCUT2D eigenvalue weighted by atomic mass is 19.1. The molecule has 0 heterocycles. The van der Waals surface area contributed by atoms with E-state index in [9.17, 15) is 4.39 Å². The second-order valence-corrected chi connectivity index (χ2v) is 2.38. The van der Waals surface area contributed by atoms with Gasteiger partial charge in [0, 0.05) is 0 Å². The van der Waals surface area contributed by atoms with Crippen molar-refractivity contribution in [1.29, 1.82) is 10.5 Å². The molecule has 0 saturated carbocycles. The Hall–Kier alpha value is -1.87. The van der Waals surface area contributed by atoms with Crippen molar-refractivity contribution in [2.45, 2.75) is 6.92 Å². The summed E-state index contributed by atoms with van der Waals surface area (Å²) in [5.74, 6) is -0.545. The second-order valence-electron chi connectivity index (χ2n) is 2.38. The van der Waals surface area contributed by atoms with Crippen molar-refractivity contribution in [2.75, 3.05) is 0 Å². The van der Waals surface area contributed by atoms with Gasteiger partial charge in [-0.15, -0.1) is 0 Å². The quantitative estimate of drug-likeness (QED) is 0.581. The minimum Gasteiger partial charge on any atom is -0.205 e. The number of halogens is 1. The van der Waals surface area contributed by atoms with Gasteiger partial charge in [-0.2, -0.15) is 10.5 Å². The van der Waals surface area contributed by atoms with E-state index >= 15 is 0 Å². The average molecular weight is 160 g/mol. The minimum atomic E-state index is -0.545. The predicted molar refractivity (Wildman–Crippen MR) is 40.6 cm³/mol. The van der Waals surface area contributed by atoms with Gasteiger partial charge in [-0.05, 0) is 24.6 Å². The van der Waals surface area contributed by atoms with Gasteiger partial charge in [-0.1, -0.05) is 0 Å². The topological polar surface area (TPSA) is 47.6 Å². The monoisotopic (exact) mass is 160 g/mol. The molecule has 3 heteroatoms. The Bertz CT molecular complexity index is 396. The normalized spacial score (nSPS) is 8.67. The summed E-state index contributed by atoms with van der Waals surface area (Å²) in [6.45, 7) is 1.52. The summed E-state index contributed by atoms with van der Waals surface area (Å²) < 4.78 is 13.0. The highest BCUT2D eigenvalue weighted by molar-refractivity contribution is 5.43. The maximum atomic E-state index is 13.0.